The number of hydrogen-bond donors (Lipinski definition) is 1. The standard InChI is InChI=1S/C17H19NO2S/c1-13(18-12-19)11-14-7-3-5-9-16(14)21-17-10-6-4-8-15(17)20-2/h3-10,12-13H,11H2,1-2H3,(H,18,19). The third-order valence-corrected chi connectivity index (χ3v) is 4.32. The Bertz CT molecular complexity index is 601. The van der Waals surface area contributed by atoms with E-state index in [9.17, 15) is 4.79 Å². The number of nitrogens with one attached hydrogen (secondary N) is 1. The molecule has 21 heavy (non-hydrogen) atoms. The van der Waals surface area contributed by atoms with E-state index < -0.39 is 0 Å². The van der Waals surface area contributed by atoms with Gasteiger partial charge in [0.05, 0.1) is 12.0 Å². The van der Waals surface area contributed by atoms with Gasteiger partial charge in [0.25, 0.3) is 0 Å². The lowest BCUT2D eigenvalue weighted by atomic mass is 10.1. The van der Waals surface area contributed by atoms with Crippen molar-refractivity contribution in [3.8, 4) is 5.75 Å². The van der Waals surface area contributed by atoms with Gasteiger partial charge in [-0.3, -0.25) is 4.79 Å². The number of rotatable bonds is 7. The fraction of sp³-hybridized carbons (Fsp3) is 0.235. The van der Waals surface area contributed by atoms with Crippen LogP contribution in [0.15, 0.2) is 58.3 Å². The number of amides is 1. The minimum absolute atomic E-state index is 0.113. The molecule has 1 atom stereocenters. The van der Waals surface area contributed by atoms with Crippen LogP contribution in [0.25, 0.3) is 0 Å². The minimum Gasteiger partial charge on any atom is -0.496 e. The van der Waals surface area contributed by atoms with Gasteiger partial charge in [0.15, 0.2) is 0 Å². The van der Waals surface area contributed by atoms with Gasteiger partial charge in [-0.25, -0.2) is 0 Å². The molecule has 0 radical (unpaired) electrons. The van der Waals surface area contributed by atoms with Crippen LogP contribution in [0.5, 0.6) is 5.75 Å². The molecule has 0 aliphatic rings. The van der Waals surface area contributed by atoms with Crippen LogP contribution < -0.4 is 10.1 Å². The zero-order chi connectivity index (χ0) is 15.1. The number of hydrogen-bond acceptors (Lipinski definition) is 3. The van der Waals surface area contributed by atoms with E-state index in [1.165, 1.54) is 10.5 Å². The topological polar surface area (TPSA) is 38.3 Å². The van der Waals surface area contributed by atoms with Crippen LogP contribution in [0.3, 0.4) is 0 Å². The van der Waals surface area contributed by atoms with Gasteiger partial charge in [0.2, 0.25) is 6.41 Å². The quantitative estimate of drug-likeness (QED) is 0.795. The molecule has 2 rings (SSSR count). The van der Waals surface area contributed by atoms with E-state index in [4.69, 9.17) is 4.74 Å². The summed E-state index contributed by atoms with van der Waals surface area (Å²) < 4.78 is 5.40. The van der Waals surface area contributed by atoms with Gasteiger partial charge in [-0.1, -0.05) is 42.1 Å². The number of benzene rings is 2. The van der Waals surface area contributed by atoms with E-state index in [2.05, 4.69) is 17.4 Å². The second-order valence-corrected chi connectivity index (χ2v) is 5.83. The predicted molar refractivity (Wildman–Crippen MR) is 85.9 cm³/mol. The first kappa shape index (κ1) is 15.4. The molecule has 4 heteroatoms. The smallest absolute Gasteiger partial charge is 0.207 e. The lowest BCUT2D eigenvalue weighted by molar-refractivity contribution is -0.110. The summed E-state index contributed by atoms with van der Waals surface area (Å²) in [6.07, 6.45) is 1.55. The molecule has 110 valence electrons. The molecule has 0 bridgehead atoms. The molecule has 1 unspecified atom stereocenters. The van der Waals surface area contributed by atoms with Crippen LogP contribution in [0.1, 0.15) is 12.5 Å². The molecule has 2 aromatic carbocycles. The maximum atomic E-state index is 10.5. The summed E-state index contributed by atoms with van der Waals surface area (Å²) in [5, 5.41) is 2.79. The molecule has 0 fully saturated rings. The van der Waals surface area contributed by atoms with Crippen molar-refractivity contribution in [1.82, 2.24) is 5.32 Å². The van der Waals surface area contributed by atoms with Crippen molar-refractivity contribution in [1.29, 1.82) is 0 Å². The SMILES string of the molecule is COc1ccccc1Sc1ccccc1CC(C)NC=O. The number of carbonyl (C=O) groups excluding carboxylic acids is 1. The number of ether oxygens (including phenoxy) is 1. The average Bonchev–Trinajstić information content (AvgIpc) is 2.50. The largest absolute Gasteiger partial charge is 0.496 e. The van der Waals surface area contributed by atoms with Gasteiger partial charge in [0.1, 0.15) is 5.75 Å². The van der Waals surface area contributed by atoms with E-state index in [0.29, 0.717) is 0 Å². The summed E-state index contributed by atoms with van der Waals surface area (Å²) in [6, 6.07) is 16.3. The fourth-order valence-electron chi connectivity index (χ4n) is 2.10. The lowest BCUT2D eigenvalue weighted by Crippen LogP contribution is -2.26. The highest BCUT2D eigenvalue weighted by Gasteiger charge is 2.10. The van der Waals surface area contributed by atoms with Gasteiger partial charge in [-0.2, -0.15) is 0 Å². The minimum atomic E-state index is 0.113. The van der Waals surface area contributed by atoms with E-state index in [1.807, 2.05) is 43.3 Å². The van der Waals surface area contributed by atoms with Crippen LogP contribution in [-0.4, -0.2) is 19.6 Å². The van der Waals surface area contributed by atoms with Crippen LogP contribution in [0.2, 0.25) is 0 Å². The number of methoxy groups -OCH3 is 1. The van der Waals surface area contributed by atoms with E-state index in [1.54, 1.807) is 18.9 Å². The molecule has 2 aromatic rings. The summed E-state index contributed by atoms with van der Waals surface area (Å²) in [6.45, 7) is 2.00. The Morgan fingerprint density at radius 2 is 1.81 bits per heavy atom. The monoisotopic (exact) mass is 301 g/mol. The molecule has 1 amide bonds. The van der Waals surface area contributed by atoms with Crippen LogP contribution in [0, 0.1) is 0 Å². The Kier molecular flexibility index (Phi) is 5.69. The second-order valence-electron chi connectivity index (χ2n) is 4.75. The Morgan fingerprint density at radius 3 is 2.52 bits per heavy atom. The highest BCUT2D eigenvalue weighted by molar-refractivity contribution is 7.99. The Balaban J connectivity index is 2.22. The van der Waals surface area contributed by atoms with Crippen LogP contribution >= 0.6 is 11.8 Å². The Hall–Kier alpha value is -1.94. The molecule has 0 aliphatic carbocycles. The van der Waals surface area contributed by atoms with Crippen molar-refractivity contribution in [2.75, 3.05) is 7.11 Å². The van der Waals surface area contributed by atoms with Gasteiger partial charge in [-0.15, -0.1) is 0 Å². The third-order valence-electron chi connectivity index (χ3n) is 3.14. The van der Waals surface area contributed by atoms with Crippen molar-refractivity contribution in [2.45, 2.75) is 29.2 Å². The van der Waals surface area contributed by atoms with Gasteiger partial charge in [0, 0.05) is 10.9 Å². The zero-order valence-electron chi connectivity index (χ0n) is 12.2. The first-order valence-electron chi connectivity index (χ1n) is 6.83. The van der Waals surface area contributed by atoms with Crippen molar-refractivity contribution >= 4 is 18.2 Å². The van der Waals surface area contributed by atoms with Crippen LogP contribution in [0.4, 0.5) is 0 Å². The van der Waals surface area contributed by atoms with E-state index in [-0.39, 0.29) is 6.04 Å². The zero-order valence-corrected chi connectivity index (χ0v) is 13.0. The summed E-state index contributed by atoms with van der Waals surface area (Å²) >= 11 is 1.68. The van der Waals surface area contributed by atoms with E-state index >= 15 is 0 Å². The molecular formula is C17H19NO2S. The Morgan fingerprint density at radius 1 is 1.14 bits per heavy atom. The first-order chi connectivity index (χ1) is 10.2. The summed E-state index contributed by atoms with van der Waals surface area (Å²) in [5.41, 5.74) is 1.22. The second kappa shape index (κ2) is 7.74. The van der Waals surface area contributed by atoms with Gasteiger partial charge in [-0.05, 0) is 37.1 Å². The highest BCUT2D eigenvalue weighted by Crippen LogP contribution is 2.36. The maximum absolute atomic E-state index is 10.5. The summed E-state index contributed by atoms with van der Waals surface area (Å²) in [5.74, 6) is 0.872. The molecule has 0 aromatic heterocycles. The maximum Gasteiger partial charge on any atom is 0.207 e. The number of para-hydroxylation sites is 1. The summed E-state index contributed by atoms with van der Waals surface area (Å²) in [7, 11) is 1.68. The van der Waals surface area contributed by atoms with Crippen molar-refractivity contribution in [3.05, 3.63) is 54.1 Å². The normalized spacial score (nSPS) is 11.7. The van der Waals surface area contributed by atoms with E-state index in [0.717, 1.165) is 23.5 Å². The van der Waals surface area contributed by atoms with Gasteiger partial charge < -0.3 is 10.1 Å². The molecule has 0 aliphatic heterocycles. The van der Waals surface area contributed by atoms with Crippen LogP contribution in [-0.2, 0) is 11.2 Å². The fourth-order valence-corrected chi connectivity index (χ4v) is 3.16. The molecule has 1 N–H and O–H groups in total. The van der Waals surface area contributed by atoms with Crippen molar-refractivity contribution in [3.63, 3.8) is 0 Å². The number of carbonyl (C=O) groups is 1. The highest BCUT2D eigenvalue weighted by atomic mass is 32.2. The molecule has 0 spiro atoms. The molecular weight excluding hydrogens is 282 g/mol. The molecule has 0 saturated carbocycles. The summed E-state index contributed by atoms with van der Waals surface area (Å²) in [4.78, 5) is 12.8. The predicted octanol–water partition coefficient (Wildman–Crippen LogP) is 3.52. The Labute approximate surface area is 129 Å². The average molecular weight is 301 g/mol. The van der Waals surface area contributed by atoms with Gasteiger partial charge >= 0.3 is 0 Å². The molecule has 3 nitrogen and oxygen atoms in total. The van der Waals surface area contributed by atoms with Crippen molar-refractivity contribution < 1.29 is 9.53 Å². The first-order valence-corrected chi connectivity index (χ1v) is 7.64. The molecule has 0 saturated heterocycles. The lowest BCUT2D eigenvalue weighted by Gasteiger charge is -2.14. The van der Waals surface area contributed by atoms with Crippen molar-refractivity contribution in [2.24, 2.45) is 0 Å². The molecule has 0 heterocycles. The third kappa shape index (κ3) is 4.26.